The van der Waals surface area contributed by atoms with Crippen LogP contribution in [0.25, 0.3) is 0 Å². The molecule has 4 heteroatoms. The van der Waals surface area contributed by atoms with Gasteiger partial charge in [-0.1, -0.05) is 0 Å². The topological polar surface area (TPSA) is 0 Å². The van der Waals surface area contributed by atoms with Crippen LogP contribution >= 0.6 is 11.8 Å². The van der Waals surface area contributed by atoms with E-state index in [0.29, 0.717) is 11.3 Å². The minimum atomic E-state index is -0.457. The largest absolute Gasteiger partial charge is 0.207 e. The summed E-state index contributed by atoms with van der Waals surface area (Å²) in [5, 5.41) is 0. The minimum absolute atomic E-state index is 0.305. The first-order valence-corrected chi connectivity index (χ1v) is 5.96. The first-order chi connectivity index (χ1) is 8.15. The average Bonchev–Trinajstić information content (AvgIpc) is 2.32. The van der Waals surface area contributed by atoms with E-state index < -0.39 is 11.6 Å². The van der Waals surface area contributed by atoms with Gasteiger partial charge in [-0.2, -0.15) is 0 Å². The van der Waals surface area contributed by atoms with Crippen molar-refractivity contribution in [2.75, 3.05) is 0 Å². The van der Waals surface area contributed by atoms with E-state index in [2.05, 4.69) is 0 Å². The van der Waals surface area contributed by atoms with Gasteiger partial charge in [0, 0.05) is 16.2 Å². The summed E-state index contributed by atoms with van der Waals surface area (Å²) in [5.74, 6) is -0.886. The fraction of sp³-hybridized carbons (Fsp3) is 0.0769. The molecule has 0 nitrogen and oxygen atoms in total. The lowest BCUT2D eigenvalue weighted by atomic mass is 10.2. The maximum Gasteiger partial charge on any atom is 0.127 e. The Kier molecular flexibility index (Phi) is 3.74. The average molecular weight is 254 g/mol. The summed E-state index contributed by atoms with van der Waals surface area (Å²) in [6.07, 6.45) is 0. The zero-order valence-corrected chi connectivity index (χ0v) is 9.61. The van der Waals surface area contributed by atoms with Crippen molar-refractivity contribution in [3.05, 3.63) is 65.5 Å². The molecule has 0 aliphatic heterocycles. The number of benzene rings is 2. The maximum absolute atomic E-state index is 13.3. The zero-order valence-electron chi connectivity index (χ0n) is 8.79. The molecule has 0 saturated carbocycles. The summed E-state index contributed by atoms with van der Waals surface area (Å²) in [7, 11) is 0. The summed E-state index contributed by atoms with van der Waals surface area (Å²) < 4.78 is 38.8. The first-order valence-electron chi connectivity index (χ1n) is 4.97. The van der Waals surface area contributed by atoms with Crippen molar-refractivity contribution >= 4 is 11.8 Å². The van der Waals surface area contributed by atoms with Gasteiger partial charge in [-0.05, 0) is 42.5 Å². The standard InChI is InChI=1S/C13H9F3S/c14-10-1-4-12(5-2-10)17-8-9-7-11(15)3-6-13(9)16/h1-7H,8H2. The molecule has 0 unspecified atom stereocenters. The van der Waals surface area contributed by atoms with Crippen LogP contribution in [0.3, 0.4) is 0 Å². The van der Waals surface area contributed by atoms with Gasteiger partial charge in [-0.15, -0.1) is 11.8 Å². The van der Waals surface area contributed by atoms with E-state index in [1.807, 2.05) is 0 Å². The van der Waals surface area contributed by atoms with E-state index in [0.717, 1.165) is 17.0 Å². The van der Waals surface area contributed by atoms with Crippen LogP contribution < -0.4 is 0 Å². The van der Waals surface area contributed by atoms with Crippen LogP contribution in [0, 0.1) is 17.5 Å². The molecule has 2 aromatic carbocycles. The van der Waals surface area contributed by atoms with E-state index in [1.54, 1.807) is 12.1 Å². The summed E-state index contributed by atoms with van der Waals surface area (Å²) in [6, 6.07) is 9.26. The predicted molar refractivity (Wildman–Crippen MR) is 62.3 cm³/mol. The van der Waals surface area contributed by atoms with Gasteiger partial charge in [0.1, 0.15) is 17.5 Å². The lowest BCUT2D eigenvalue weighted by Gasteiger charge is -2.03. The number of hydrogen-bond donors (Lipinski definition) is 0. The Morgan fingerprint density at radius 3 is 2.18 bits per heavy atom. The molecule has 2 aromatic rings. The van der Waals surface area contributed by atoms with Crippen LogP contribution in [0.1, 0.15) is 5.56 Å². The van der Waals surface area contributed by atoms with Gasteiger partial charge in [-0.25, -0.2) is 13.2 Å². The van der Waals surface area contributed by atoms with Gasteiger partial charge >= 0.3 is 0 Å². The Morgan fingerprint density at radius 1 is 0.824 bits per heavy atom. The first kappa shape index (κ1) is 12.0. The van der Waals surface area contributed by atoms with Crippen molar-refractivity contribution < 1.29 is 13.2 Å². The Balaban J connectivity index is 2.07. The Labute approximate surface area is 101 Å². The smallest absolute Gasteiger partial charge is 0.127 e. The normalized spacial score (nSPS) is 10.5. The monoisotopic (exact) mass is 254 g/mol. The number of hydrogen-bond acceptors (Lipinski definition) is 1. The van der Waals surface area contributed by atoms with Crippen molar-refractivity contribution in [3.63, 3.8) is 0 Å². The second kappa shape index (κ2) is 5.27. The molecule has 0 fully saturated rings. The van der Waals surface area contributed by atoms with E-state index in [4.69, 9.17) is 0 Å². The third-order valence-corrected chi connectivity index (χ3v) is 3.28. The van der Waals surface area contributed by atoms with Gasteiger partial charge in [0.25, 0.3) is 0 Å². The third-order valence-electron chi connectivity index (χ3n) is 2.22. The SMILES string of the molecule is Fc1ccc(SCc2cc(F)ccc2F)cc1. The minimum Gasteiger partial charge on any atom is -0.207 e. The summed E-state index contributed by atoms with van der Waals surface area (Å²) in [6.45, 7) is 0. The molecule has 0 aliphatic carbocycles. The second-order valence-electron chi connectivity index (χ2n) is 3.48. The van der Waals surface area contributed by atoms with Crippen molar-refractivity contribution in [1.29, 1.82) is 0 Å². The van der Waals surface area contributed by atoms with Gasteiger partial charge in [0.15, 0.2) is 0 Å². The van der Waals surface area contributed by atoms with Crippen LogP contribution in [-0.2, 0) is 5.75 Å². The van der Waals surface area contributed by atoms with Crippen molar-refractivity contribution in [2.24, 2.45) is 0 Å². The van der Waals surface area contributed by atoms with Crippen LogP contribution in [-0.4, -0.2) is 0 Å². The molecule has 0 aromatic heterocycles. The zero-order chi connectivity index (χ0) is 12.3. The van der Waals surface area contributed by atoms with Crippen molar-refractivity contribution in [3.8, 4) is 0 Å². The molecule has 0 atom stereocenters. The molecular formula is C13H9F3S. The molecule has 0 bridgehead atoms. The third kappa shape index (κ3) is 3.27. The van der Waals surface area contributed by atoms with E-state index >= 15 is 0 Å². The molecule has 0 N–H and O–H groups in total. The summed E-state index contributed by atoms with van der Waals surface area (Å²) in [4.78, 5) is 0.815. The highest BCUT2D eigenvalue weighted by molar-refractivity contribution is 7.98. The van der Waals surface area contributed by atoms with Crippen molar-refractivity contribution in [2.45, 2.75) is 10.6 Å². The van der Waals surface area contributed by atoms with Crippen molar-refractivity contribution in [1.82, 2.24) is 0 Å². The van der Waals surface area contributed by atoms with Gasteiger partial charge in [0.2, 0.25) is 0 Å². The Bertz CT molecular complexity index is 509. The second-order valence-corrected chi connectivity index (χ2v) is 4.53. The number of rotatable bonds is 3. The van der Waals surface area contributed by atoms with Gasteiger partial charge in [-0.3, -0.25) is 0 Å². The highest BCUT2D eigenvalue weighted by Gasteiger charge is 2.04. The van der Waals surface area contributed by atoms with Gasteiger partial charge < -0.3 is 0 Å². The molecule has 0 heterocycles. The Morgan fingerprint density at radius 2 is 1.47 bits per heavy atom. The maximum atomic E-state index is 13.3. The van der Waals surface area contributed by atoms with E-state index in [1.165, 1.54) is 30.0 Å². The quantitative estimate of drug-likeness (QED) is 0.732. The molecular weight excluding hydrogens is 245 g/mol. The summed E-state index contributed by atoms with van der Waals surface area (Å²) >= 11 is 1.33. The van der Waals surface area contributed by atoms with Crippen LogP contribution in [0.4, 0.5) is 13.2 Å². The fourth-order valence-electron chi connectivity index (χ4n) is 1.35. The molecule has 0 radical (unpaired) electrons. The fourth-order valence-corrected chi connectivity index (χ4v) is 2.22. The molecule has 0 amide bonds. The van der Waals surface area contributed by atoms with Crippen LogP contribution in [0.2, 0.25) is 0 Å². The van der Waals surface area contributed by atoms with E-state index in [9.17, 15) is 13.2 Å². The lowest BCUT2D eigenvalue weighted by Crippen LogP contribution is -1.89. The van der Waals surface area contributed by atoms with Gasteiger partial charge in [0.05, 0.1) is 0 Å². The molecule has 2 rings (SSSR count). The van der Waals surface area contributed by atoms with Crippen LogP contribution in [0.5, 0.6) is 0 Å². The molecule has 88 valence electrons. The Hall–Kier alpha value is -1.42. The molecule has 17 heavy (non-hydrogen) atoms. The van der Waals surface area contributed by atoms with E-state index in [-0.39, 0.29) is 5.82 Å². The predicted octanol–water partition coefficient (Wildman–Crippen LogP) is 4.40. The number of halogens is 3. The molecule has 0 aliphatic rings. The number of thioether (sulfide) groups is 1. The highest BCUT2D eigenvalue weighted by atomic mass is 32.2. The van der Waals surface area contributed by atoms with Crippen LogP contribution in [0.15, 0.2) is 47.4 Å². The molecule has 0 spiro atoms. The molecule has 0 saturated heterocycles. The highest BCUT2D eigenvalue weighted by Crippen LogP contribution is 2.24. The lowest BCUT2D eigenvalue weighted by molar-refractivity contribution is 0.591. The summed E-state index contributed by atoms with van der Waals surface area (Å²) in [5.41, 5.74) is 0.305.